The normalized spacial score (nSPS) is 10.3. The van der Waals surface area contributed by atoms with E-state index in [-0.39, 0.29) is 18.9 Å². The molecule has 0 fully saturated rings. The van der Waals surface area contributed by atoms with Crippen molar-refractivity contribution in [2.45, 2.75) is 13.2 Å². The van der Waals surface area contributed by atoms with Crippen molar-refractivity contribution in [1.82, 2.24) is 4.98 Å². The minimum absolute atomic E-state index is 0.0687. The van der Waals surface area contributed by atoms with Gasteiger partial charge in [-0.25, -0.2) is 4.39 Å². The highest BCUT2D eigenvalue weighted by atomic mass is 19.1. The minimum atomic E-state index is -0.459. The first-order valence-electron chi connectivity index (χ1n) is 6.36. The largest absolute Gasteiger partial charge is 0.493 e. The van der Waals surface area contributed by atoms with Crippen LogP contribution in [0.15, 0.2) is 30.5 Å². The van der Waals surface area contributed by atoms with Gasteiger partial charge >= 0.3 is 0 Å². The average Bonchev–Trinajstić information content (AvgIpc) is 2.52. The van der Waals surface area contributed by atoms with Gasteiger partial charge in [0, 0.05) is 18.8 Å². The SMILES string of the molecule is COc1ccnc(COc2ccc(CN)cc2F)c1OC. The van der Waals surface area contributed by atoms with Gasteiger partial charge in [-0.3, -0.25) is 4.98 Å². The van der Waals surface area contributed by atoms with Gasteiger partial charge in [0.1, 0.15) is 12.3 Å². The Morgan fingerprint density at radius 1 is 1.14 bits per heavy atom. The van der Waals surface area contributed by atoms with Crippen molar-refractivity contribution in [1.29, 1.82) is 0 Å². The van der Waals surface area contributed by atoms with Crippen LogP contribution in [0.3, 0.4) is 0 Å². The smallest absolute Gasteiger partial charge is 0.185 e. The molecule has 0 spiro atoms. The lowest BCUT2D eigenvalue weighted by Crippen LogP contribution is -2.04. The average molecular weight is 292 g/mol. The maximum absolute atomic E-state index is 13.8. The summed E-state index contributed by atoms with van der Waals surface area (Å²) in [7, 11) is 3.05. The molecule has 0 aliphatic carbocycles. The molecule has 0 atom stereocenters. The molecule has 6 heteroatoms. The first-order valence-corrected chi connectivity index (χ1v) is 6.36. The first kappa shape index (κ1) is 15.1. The van der Waals surface area contributed by atoms with Crippen LogP contribution >= 0.6 is 0 Å². The van der Waals surface area contributed by atoms with Crippen LogP contribution in [0.25, 0.3) is 0 Å². The van der Waals surface area contributed by atoms with E-state index in [1.54, 1.807) is 24.4 Å². The van der Waals surface area contributed by atoms with E-state index < -0.39 is 5.82 Å². The Hall–Kier alpha value is -2.34. The zero-order chi connectivity index (χ0) is 15.2. The van der Waals surface area contributed by atoms with Gasteiger partial charge in [-0.1, -0.05) is 6.07 Å². The molecule has 0 saturated heterocycles. The Morgan fingerprint density at radius 2 is 1.95 bits per heavy atom. The molecule has 1 heterocycles. The second-order valence-electron chi connectivity index (χ2n) is 4.25. The first-order chi connectivity index (χ1) is 10.2. The van der Waals surface area contributed by atoms with Gasteiger partial charge in [0.2, 0.25) is 0 Å². The van der Waals surface area contributed by atoms with E-state index in [9.17, 15) is 4.39 Å². The van der Waals surface area contributed by atoms with Crippen molar-refractivity contribution in [2.24, 2.45) is 5.73 Å². The van der Waals surface area contributed by atoms with Gasteiger partial charge in [-0.15, -0.1) is 0 Å². The molecular formula is C15H17FN2O3. The Bertz CT molecular complexity index is 620. The van der Waals surface area contributed by atoms with Crippen molar-refractivity contribution in [2.75, 3.05) is 14.2 Å². The quantitative estimate of drug-likeness (QED) is 0.884. The number of rotatable bonds is 6. The predicted molar refractivity (Wildman–Crippen MR) is 76.0 cm³/mol. The van der Waals surface area contributed by atoms with Crippen LogP contribution < -0.4 is 19.9 Å². The van der Waals surface area contributed by atoms with E-state index in [4.69, 9.17) is 19.9 Å². The third kappa shape index (κ3) is 3.41. The fraction of sp³-hybridized carbons (Fsp3) is 0.267. The van der Waals surface area contributed by atoms with E-state index in [0.29, 0.717) is 22.8 Å². The molecule has 1 aromatic heterocycles. The highest BCUT2D eigenvalue weighted by molar-refractivity contribution is 5.42. The third-order valence-electron chi connectivity index (χ3n) is 2.96. The van der Waals surface area contributed by atoms with E-state index in [2.05, 4.69) is 4.98 Å². The van der Waals surface area contributed by atoms with Crippen LogP contribution in [-0.2, 0) is 13.2 Å². The summed E-state index contributed by atoms with van der Waals surface area (Å²) in [5.41, 5.74) is 6.69. The summed E-state index contributed by atoms with van der Waals surface area (Å²) in [6, 6.07) is 6.29. The lowest BCUT2D eigenvalue weighted by molar-refractivity contribution is 0.273. The molecule has 0 aliphatic heterocycles. The lowest BCUT2D eigenvalue weighted by Gasteiger charge is -2.13. The van der Waals surface area contributed by atoms with E-state index in [0.717, 1.165) is 0 Å². The molecule has 2 N–H and O–H groups in total. The Morgan fingerprint density at radius 3 is 2.57 bits per heavy atom. The summed E-state index contributed by atoms with van der Waals surface area (Å²) in [5.74, 6) is 0.697. The summed E-state index contributed by atoms with van der Waals surface area (Å²) in [6.45, 7) is 0.349. The second-order valence-corrected chi connectivity index (χ2v) is 4.25. The zero-order valence-corrected chi connectivity index (χ0v) is 11.9. The maximum atomic E-state index is 13.8. The number of ether oxygens (including phenoxy) is 3. The molecule has 0 amide bonds. The molecule has 0 unspecified atom stereocenters. The van der Waals surface area contributed by atoms with Crippen LogP contribution in [0.5, 0.6) is 17.2 Å². The van der Waals surface area contributed by atoms with E-state index in [1.807, 2.05) is 0 Å². The monoisotopic (exact) mass is 292 g/mol. The van der Waals surface area contributed by atoms with Crippen LogP contribution in [0, 0.1) is 5.82 Å². The Labute approximate surface area is 122 Å². The second kappa shape index (κ2) is 6.90. The number of hydrogen-bond acceptors (Lipinski definition) is 5. The number of hydrogen-bond donors (Lipinski definition) is 1. The zero-order valence-electron chi connectivity index (χ0n) is 11.9. The van der Waals surface area contributed by atoms with Gasteiger partial charge in [0.15, 0.2) is 23.1 Å². The molecule has 0 saturated carbocycles. The van der Waals surface area contributed by atoms with Gasteiger partial charge in [-0.05, 0) is 17.7 Å². The number of nitrogens with two attached hydrogens (primary N) is 1. The Kier molecular flexibility index (Phi) is 4.94. The summed E-state index contributed by atoms with van der Waals surface area (Å²) < 4.78 is 29.7. The lowest BCUT2D eigenvalue weighted by atomic mass is 10.2. The number of benzene rings is 1. The number of pyridine rings is 1. The highest BCUT2D eigenvalue weighted by Gasteiger charge is 2.13. The van der Waals surface area contributed by atoms with Crippen molar-refractivity contribution >= 4 is 0 Å². The van der Waals surface area contributed by atoms with E-state index >= 15 is 0 Å². The fourth-order valence-corrected chi connectivity index (χ4v) is 1.89. The predicted octanol–water partition coefficient (Wildman–Crippen LogP) is 2.28. The number of halogens is 1. The van der Waals surface area contributed by atoms with E-state index in [1.165, 1.54) is 20.3 Å². The number of methoxy groups -OCH3 is 2. The molecule has 2 rings (SSSR count). The molecule has 21 heavy (non-hydrogen) atoms. The topological polar surface area (TPSA) is 66.6 Å². The maximum Gasteiger partial charge on any atom is 0.185 e. The van der Waals surface area contributed by atoms with Crippen molar-refractivity contribution < 1.29 is 18.6 Å². The van der Waals surface area contributed by atoms with Gasteiger partial charge in [0.25, 0.3) is 0 Å². The van der Waals surface area contributed by atoms with Crippen molar-refractivity contribution in [3.63, 3.8) is 0 Å². The van der Waals surface area contributed by atoms with Gasteiger partial charge < -0.3 is 19.9 Å². The summed E-state index contributed by atoms with van der Waals surface area (Å²) in [4.78, 5) is 4.16. The highest BCUT2D eigenvalue weighted by Crippen LogP contribution is 2.30. The number of aromatic nitrogens is 1. The molecule has 0 aliphatic rings. The van der Waals surface area contributed by atoms with Crippen LogP contribution in [-0.4, -0.2) is 19.2 Å². The van der Waals surface area contributed by atoms with Crippen LogP contribution in [0.4, 0.5) is 4.39 Å². The third-order valence-corrected chi connectivity index (χ3v) is 2.96. The molecule has 2 aromatic rings. The molecule has 0 radical (unpaired) electrons. The van der Waals surface area contributed by atoms with Gasteiger partial charge in [-0.2, -0.15) is 0 Å². The van der Waals surface area contributed by atoms with Crippen LogP contribution in [0.2, 0.25) is 0 Å². The van der Waals surface area contributed by atoms with Crippen molar-refractivity contribution in [3.8, 4) is 17.2 Å². The summed E-state index contributed by atoms with van der Waals surface area (Å²) >= 11 is 0. The standard InChI is InChI=1S/C15H17FN2O3/c1-19-14-5-6-18-12(15(14)20-2)9-21-13-4-3-10(8-17)7-11(13)16/h3-7H,8-9,17H2,1-2H3. The number of nitrogens with zero attached hydrogens (tertiary/aromatic N) is 1. The molecule has 0 bridgehead atoms. The van der Waals surface area contributed by atoms with Crippen LogP contribution in [0.1, 0.15) is 11.3 Å². The molecule has 112 valence electrons. The summed E-state index contributed by atoms with van der Waals surface area (Å²) in [5, 5.41) is 0. The van der Waals surface area contributed by atoms with Gasteiger partial charge in [0.05, 0.1) is 14.2 Å². The van der Waals surface area contributed by atoms with Crippen molar-refractivity contribution in [3.05, 3.63) is 47.5 Å². The molecule has 1 aromatic carbocycles. The fourth-order valence-electron chi connectivity index (χ4n) is 1.89. The molecular weight excluding hydrogens is 275 g/mol. The molecule has 5 nitrogen and oxygen atoms in total. The Balaban J connectivity index is 2.16. The summed E-state index contributed by atoms with van der Waals surface area (Å²) in [6.07, 6.45) is 1.58. The minimum Gasteiger partial charge on any atom is -0.493 e.